The van der Waals surface area contributed by atoms with Gasteiger partial charge in [-0.1, -0.05) is 11.3 Å². The molecule has 3 nitrogen and oxygen atoms in total. The number of rotatable bonds is 1. The summed E-state index contributed by atoms with van der Waals surface area (Å²) in [7, 11) is 0. The summed E-state index contributed by atoms with van der Waals surface area (Å²) >= 11 is 1.01. The third kappa shape index (κ3) is 0.840. The first kappa shape index (κ1) is 5.24. The monoisotopic (exact) mass is 128 g/mol. The van der Waals surface area contributed by atoms with Crippen LogP contribution in [-0.2, 0) is 0 Å². The van der Waals surface area contributed by atoms with E-state index in [2.05, 4.69) is 5.38 Å². The highest BCUT2D eigenvalue weighted by atomic mass is 32.1. The summed E-state index contributed by atoms with van der Waals surface area (Å²) in [4.78, 5) is 9.43. The largest absolute Gasteiger partial charge is 0.324 e. The van der Waals surface area contributed by atoms with Crippen molar-refractivity contribution in [2.45, 2.75) is 0 Å². The molecule has 0 aliphatic heterocycles. The minimum absolute atomic E-state index is 0.144. The van der Waals surface area contributed by atoms with Gasteiger partial charge in [0, 0.05) is 6.07 Å². The number of nitrogens with zero attached hydrogens (tertiary/aromatic N) is 1. The molecule has 0 saturated heterocycles. The number of nitro groups is 1. The molecule has 1 radical (unpaired) electrons. The lowest BCUT2D eigenvalue weighted by Crippen LogP contribution is -1.80. The minimum Gasteiger partial charge on any atom is -0.258 e. The van der Waals surface area contributed by atoms with Gasteiger partial charge < -0.3 is 0 Å². The molecule has 0 aliphatic carbocycles. The molecule has 41 valence electrons. The Morgan fingerprint density at radius 3 is 2.88 bits per heavy atom. The third-order valence-corrected chi connectivity index (χ3v) is 1.39. The molecule has 4 heteroatoms. The molecule has 0 spiro atoms. The molecule has 0 saturated carbocycles. The molecule has 0 amide bonds. The van der Waals surface area contributed by atoms with Gasteiger partial charge in [-0.05, 0) is 6.07 Å². The van der Waals surface area contributed by atoms with Crippen molar-refractivity contribution in [1.82, 2.24) is 0 Å². The fraction of sp³-hybridized carbons (Fsp3) is 0. The standard InChI is InChI=1S/C4H2NO2S/c6-5(7)4-2-1-3-8-4/h1-2H. The van der Waals surface area contributed by atoms with Crippen LogP contribution in [0.2, 0.25) is 0 Å². The topological polar surface area (TPSA) is 43.1 Å². The maximum absolute atomic E-state index is 9.86. The van der Waals surface area contributed by atoms with Gasteiger partial charge in [-0.3, -0.25) is 10.1 Å². The summed E-state index contributed by atoms with van der Waals surface area (Å²) in [6, 6.07) is 2.95. The van der Waals surface area contributed by atoms with Gasteiger partial charge in [0.1, 0.15) is 0 Å². The molecule has 8 heavy (non-hydrogen) atoms. The van der Waals surface area contributed by atoms with Crippen LogP contribution in [-0.4, -0.2) is 4.92 Å². The molecule has 0 aromatic carbocycles. The summed E-state index contributed by atoms with van der Waals surface area (Å²) in [5, 5.41) is 12.6. The predicted molar refractivity (Wildman–Crippen MR) is 29.8 cm³/mol. The fourth-order valence-electron chi connectivity index (χ4n) is 0.332. The molecule has 1 aromatic rings. The van der Waals surface area contributed by atoms with Crippen LogP contribution in [0.4, 0.5) is 5.00 Å². The van der Waals surface area contributed by atoms with Crippen LogP contribution in [0, 0.1) is 15.5 Å². The number of thiophene rings is 1. The van der Waals surface area contributed by atoms with Gasteiger partial charge in [0.05, 0.1) is 10.3 Å². The highest BCUT2D eigenvalue weighted by Crippen LogP contribution is 2.16. The normalized spacial score (nSPS) is 9.00. The van der Waals surface area contributed by atoms with Crippen molar-refractivity contribution >= 4 is 16.3 Å². The van der Waals surface area contributed by atoms with E-state index in [0.29, 0.717) is 0 Å². The molecule has 1 aromatic heterocycles. The van der Waals surface area contributed by atoms with Crippen LogP contribution >= 0.6 is 11.3 Å². The van der Waals surface area contributed by atoms with E-state index in [9.17, 15) is 10.1 Å². The first-order chi connectivity index (χ1) is 3.80. The number of hydrogen-bond acceptors (Lipinski definition) is 3. The van der Waals surface area contributed by atoms with Gasteiger partial charge in [-0.2, -0.15) is 0 Å². The Kier molecular flexibility index (Phi) is 1.26. The van der Waals surface area contributed by atoms with Crippen LogP contribution < -0.4 is 0 Å². The Balaban J connectivity index is 2.93. The van der Waals surface area contributed by atoms with Gasteiger partial charge in [0.2, 0.25) is 0 Å². The van der Waals surface area contributed by atoms with Crippen LogP contribution in [0.5, 0.6) is 0 Å². The van der Waals surface area contributed by atoms with E-state index in [1.54, 1.807) is 0 Å². The summed E-state index contributed by atoms with van der Waals surface area (Å²) in [5.41, 5.74) is 0. The van der Waals surface area contributed by atoms with E-state index in [0.717, 1.165) is 11.3 Å². The van der Waals surface area contributed by atoms with Crippen LogP contribution in [0.1, 0.15) is 0 Å². The zero-order valence-electron chi connectivity index (χ0n) is 3.83. The summed E-state index contributed by atoms with van der Waals surface area (Å²) < 4.78 is 0. The van der Waals surface area contributed by atoms with Gasteiger partial charge in [-0.15, -0.1) is 0 Å². The second kappa shape index (κ2) is 1.92. The lowest BCUT2D eigenvalue weighted by Gasteiger charge is -1.76. The third-order valence-electron chi connectivity index (χ3n) is 0.637. The molecule has 1 rings (SSSR count). The van der Waals surface area contributed by atoms with Gasteiger partial charge in [-0.25, -0.2) is 0 Å². The van der Waals surface area contributed by atoms with Crippen LogP contribution in [0.3, 0.4) is 0 Å². The summed E-state index contributed by atoms with van der Waals surface area (Å²) in [6.45, 7) is 0. The Morgan fingerprint density at radius 2 is 2.62 bits per heavy atom. The van der Waals surface area contributed by atoms with E-state index >= 15 is 0 Å². The summed E-state index contributed by atoms with van der Waals surface area (Å²) in [6.07, 6.45) is 0. The Bertz CT molecular complexity index is 182. The van der Waals surface area contributed by atoms with E-state index in [-0.39, 0.29) is 5.00 Å². The van der Waals surface area contributed by atoms with E-state index in [1.165, 1.54) is 12.1 Å². The average molecular weight is 128 g/mol. The molecule has 0 N–H and O–H groups in total. The zero-order valence-corrected chi connectivity index (χ0v) is 4.64. The second-order valence-electron chi connectivity index (χ2n) is 1.15. The van der Waals surface area contributed by atoms with E-state index in [4.69, 9.17) is 0 Å². The molecule has 0 unspecified atom stereocenters. The van der Waals surface area contributed by atoms with Crippen molar-refractivity contribution in [3.05, 3.63) is 27.6 Å². The quantitative estimate of drug-likeness (QED) is 0.424. The molecule has 0 aliphatic rings. The lowest BCUT2D eigenvalue weighted by molar-refractivity contribution is -0.380. The maximum atomic E-state index is 9.86. The molecule has 0 atom stereocenters. The Labute approximate surface area is 49.7 Å². The van der Waals surface area contributed by atoms with Crippen molar-refractivity contribution in [3.8, 4) is 0 Å². The smallest absolute Gasteiger partial charge is 0.258 e. The van der Waals surface area contributed by atoms with Crippen molar-refractivity contribution in [2.24, 2.45) is 0 Å². The average Bonchev–Trinajstić information content (AvgIpc) is 2.12. The minimum atomic E-state index is -0.429. The lowest BCUT2D eigenvalue weighted by atomic mass is 10.6. The van der Waals surface area contributed by atoms with Crippen LogP contribution in [0.15, 0.2) is 12.1 Å². The van der Waals surface area contributed by atoms with Crippen molar-refractivity contribution in [1.29, 1.82) is 0 Å². The highest BCUT2D eigenvalue weighted by molar-refractivity contribution is 7.12. The zero-order chi connectivity index (χ0) is 5.98. The van der Waals surface area contributed by atoms with Crippen molar-refractivity contribution < 1.29 is 4.92 Å². The first-order valence-electron chi connectivity index (χ1n) is 1.91. The van der Waals surface area contributed by atoms with E-state index < -0.39 is 4.92 Å². The van der Waals surface area contributed by atoms with Crippen LogP contribution in [0.25, 0.3) is 0 Å². The van der Waals surface area contributed by atoms with Gasteiger partial charge in [0.25, 0.3) is 0 Å². The highest BCUT2D eigenvalue weighted by Gasteiger charge is 2.02. The molecule has 1 heterocycles. The molecule has 0 fully saturated rings. The summed E-state index contributed by atoms with van der Waals surface area (Å²) in [5.74, 6) is 0. The van der Waals surface area contributed by atoms with Crippen molar-refractivity contribution in [3.63, 3.8) is 0 Å². The fourth-order valence-corrected chi connectivity index (χ4v) is 0.799. The first-order valence-corrected chi connectivity index (χ1v) is 2.72. The SMILES string of the molecule is O=[N+]([O-])c1cc[c]s1. The van der Waals surface area contributed by atoms with Gasteiger partial charge >= 0.3 is 5.00 Å². The Hall–Kier alpha value is -0.900. The maximum Gasteiger partial charge on any atom is 0.324 e. The molecular formula is C4H2NO2S. The molecular weight excluding hydrogens is 126 g/mol. The molecule has 0 bridgehead atoms. The second-order valence-corrected chi connectivity index (χ2v) is 2.01. The van der Waals surface area contributed by atoms with E-state index in [1.807, 2.05) is 0 Å². The Morgan fingerprint density at radius 1 is 1.88 bits per heavy atom. The van der Waals surface area contributed by atoms with Crippen molar-refractivity contribution in [2.75, 3.05) is 0 Å². The predicted octanol–water partition coefficient (Wildman–Crippen LogP) is 1.46. The van der Waals surface area contributed by atoms with Gasteiger partial charge in [0.15, 0.2) is 0 Å². The number of hydrogen-bond donors (Lipinski definition) is 0.